The van der Waals surface area contributed by atoms with E-state index in [-0.39, 0.29) is 6.04 Å². The number of nitrogens with two attached hydrogens (primary N) is 1. The topological polar surface area (TPSA) is 51.8 Å². The van der Waals surface area contributed by atoms with E-state index >= 15 is 0 Å². The second kappa shape index (κ2) is 5.43. The van der Waals surface area contributed by atoms with E-state index in [1.807, 2.05) is 6.08 Å². The van der Waals surface area contributed by atoms with Gasteiger partial charge in [-0.3, -0.25) is 9.97 Å². The third kappa shape index (κ3) is 3.34. The molecule has 0 aliphatic rings. The molecule has 0 saturated heterocycles. The van der Waals surface area contributed by atoms with Crippen LogP contribution < -0.4 is 5.73 Å². The molecular weight excluding hydrogens is 162 g/mol. The number of nitrogens with zero attached hydrogens (tertiary/aromatic N) is 2. The Morgan fingerprint density at radius 1 is 1.54 bits per heavy atom. The molecule has 1 aromatic rings. The minimum absolute atomic E-state index is 0.00801. The highest BCUT2D eigenvalue weighted by Crippen LogP contribution is 2.12. The molecule has 0 aliphatic heterocycles. The molecule has 13 heavy (non-hydrogen) atoms. The van der Waals surface area contributed by atoms with Crippen LogP contribution in [0.15, 0.2) is 31.2 Å². The Kier molecular flexibility index (Phi) is 4.12. The maximum absolute atomic E-state index is 5.90. The van der Waals surface area contributed by atoms with Crippen molar-refractivity contribution < 1.29 is 0 Å². The van der Waals surface area contributed by atoms with E-state index in [4.69, 9.17) is 5.73 Å². The summed E-state index contributed by atoms with van der Waals surface area (Å²) < 4.78 is 0. The fraction of sp³-hybridized carbons (Fsp3) is 0.400. The van der Waals surface area contributed by atoms with Crippen LogP contribution in [-0.4, -0.2) is 9.97 Å². The Labute approximate surface area is 78.7 Å². The molecule has 1 unspecified atom stereocenters. The lowest BCUT2D eigenvalue weighted by atomic mass is 10.1. The van der Waals surface area contributed by atoms with Crippen LogP contribution in [0.1, 0.15) is 31.0 Å². The zero-order valence-corrected chi connectivity index (χ0v) is 7.69. The fourth-order valence-corrected chi connectivity index (χ4v) is 1.13. The first kappa shape index (κ1) is 9.86. The van der Waals surface area contributed by atoms with Crippen molar-refractivity contribution in [2.24, 2.45) is 5.73 Å². The van der Waals surface area contributed by atoms with Gasteiger partial charge in [-0.2, -0.15) is 0 Å². The predicted octanol–water partition coefficient (Wildman–Crippen LogP) is 1.83. The average Bonchev–Trinajstić information content (AvgIpc) is 2.19. The zero-order valence-electron chi connectivity index (χ0n) is 7.69. The molecule has 1 aromatic heterocycles. The molecule has 0 spiro atoms. The van der Waals surface area contributed by atoms with Crippen molar-refractivity contribution in [1.82, 2.24) is 9.97 Å². The van der Waals surface area contributed by atoms with Crippen LogP contribution in [0, 0.1) is 0 Å². The van der Waals surface area contributed by atoms with Crippen molar-refractivity contribution in [2.75, 3.05) is 0 Å². The summed E-state index contributed by atoms with van der Waals surface area (Å²) >= 11 is 0. The third-order valence-corrected chi connectivity index (χ3v) is 1.89. The van der Waals surface area contributed by atoms with Crippen LogP contribution in [0.2, 0.25) is 0 Å². The molecule has 3 nitrogen and oxygen atoms in total. The first-order chi connectivity index (χ1) is 6.34. The van der Waals surface area contributed by atoms with E-state index in [0.29, 0.717) is 0 Å². The van der Waals surface area contributed by atoms with Gasteiger partial charge in [-0.1, -0.05) is 6.08 Å². The lowest BCUT2D eigenvalue weighted by Gasteiger charge is -2.08. The van der Waals surface area contributed by atoms with Gasteiger partial charge in [-0.05, 0) is 19.3 Å². The fourth-order valence-electron chi connectivity index (χ4n) is 1.13. The average molecular weight is 177 g/mol. The second-order valence-electron chi connectivity index (χ2n) is 2.96. The van der Waals surface area contributed by atoms with E-state index in [0.717, 1.165) is 25.0 Å². The SMILES string of the molecule is C=CCCCC(N)c1cnccn1. The number of rotatable bonds is 5. The van der Waals surface area contributed by atoms with Gasteiger partial charge < -0.3 is 5.73 Å². The molecular formula is C10H15N3. The Morgan fingerprint density at radius 2 is 2.38 bits per heavy atom. The molecule has 3 heteroatoms. The molecule has 0 aromatic carbocycles. The zero-order chi connectivity index (χ0) is 9.52. The van der Waals surface area contributed by atoms with Crippen molar-refractivity contribution in [3.8, 4) is 0 Å². The maximum atomic E-state index is 5.90. The number of hydrogen-bond donors (Lipinski definition) is 1. The van der Waals surface area contributed by atoms with Crippen LogP contribution in [-0.2, 0) is 0 Å². The van der Waals surface area contributed by atoms with Crippen molar-refractivity contribution in [1.29, 1.82) is 0 Å². The first-order valence-corrected chi connectivity index (χ1v) is 4.47. The third-order valence-electron chi connectivity index (χ3n) is 1.89. The lowest BCUT2D eigenvalue weighted by Crippen LogP contribution is -2.11. The van der Waals surface area contributed by atoms with Crippen molar-refractivity contribution in [3.05, 3.63) is 36.9 Å². The number of aromatic nitrogens is 2. The van der Waals surface area contributed by atoms with Gasteiger partial charge in [0.25, 0.3) is 0 Å². The predicted molar refractivity (Wildman–Crippen MR) is 53.0 cm³/mol. The first-order valence-electron chi connectivity index (χ1n) is 4.47. The van der Waals surface area contributed by atoms with Crippen LogP contribution in [0.3, 0.4) is 0 Å². The summed E-state index contributed by atoms with van der Waals surface area (Å²) in [4.78, 5) is 8.12. The molecule has 0 fully saturated rings. The monoisotopic (exact) mass is 177 g/mol. The van der Waals surface area contributed by atoms with Gasteiger partial charge in [0.05, 0.1) is 5.69 Å². The van der Waals surface area contributed by atoms with E-state index < -0.39 is 0 Å². The molecule has 2 N–H and O–H groups in total. The van der Waals surface area contributed by atoms with Crippen LogP contribution in [0.4, 0.5) is 0 Å². The molecule has 0 radical (unpaired) electrons. The number of allylic oxidation sites excluding steroid dienone is 1. The normalized spacial score (nSPS) is 12.4. The van der Waals surface area contributed by atoms with Gasteiger partial charge in [0.2, 0.25) is 0 Å². The van der Waals surface area contributed by atoms with Crippen molar-refractivity contribution in [2.45, 2.75) is 25.3 Å². The Morgan fingerprint density at radius 3 is 3.00 bits per heavy atom. The summed E-state index contributed by atoms with van der Waals surface area (Å²) in [6.07, 6.45) is 9.95. The highest BCUT2D eigenvalue weighted by Gasteiger charge is 2.05. The van der Waals surface area contributed by atoms with Crippen LogP contribution in [0.25, 0.3) is 0 Å². The van der Waals surface area contributed by atoms with Gasteiger partial charge >= 0.3 is 0 Å². The summed E-state index contributed by atoms with van der Waals surface area (Å²) in [5.41, 5.74) is 6.77. The van der Waals surface area contributed by atoms with Crippen LogP contribution >= 0.6 is 0 Å². The lowest BCUT2D eigenvalue weighted by molar-refractivity contribution is 0.600. The molecule has 0 amide bonds. The molecule has 1 heterocycles. The Balaban J connectivity index is 2.39. The second-order valence-corrected chi connectivity index (χ2v) is 2.96. The largest absolute Gasteiger partial charge is 0.323 e. The minimum atomic E-state index is 0.00801. The maximum Gasteiger partial charge on any atom is 0.0753 e. The highest BCUT2D eigenvalue weighted by molar-refractivity contribution is 5.00. The molecule has 0 aliphatic carbocycles. The number of hydrogen-bond acceptors (Lipinski definition) is 3. The molecule has 1 rings (SSSR count). The van der Waals surface area contributed by atoms with Crippen molar-refractivity contribution in [3.63, 3.8) is 0 Å². The highest BCUT2D eigenvalue weighted by atomic mass is 14.8. The smallest absolute Gasteiger partial charge is 0.0753 e. The van der Waals surface area contributed by atoms with E-state index in [9.17, 15) is 0 Å². The summed E-state index contributed by atoms with van der Waals surface area (Å²) in [6, 6.07) is 0.00801. The van der Waals surface area contributed by atoms with Crippen molar-refractivity contribution >= 4 is 0 Å². The van der Waals surface area contributed by atoms with E-state index in [1.54, 1.807) is 18.6 Å². The van der Waals surface area contributed by atoms with Gasteiger partial charge in [0.15, 0.2) is 0 Å². The molecule has 0 saturated carbocycles. The quantitative estimate of drug-likeness (QED) is 0.551. The summed E-state index contributed by atoms with van der Waals surface area (Å²) in [5, 5.41) is 0. The minimum Gasteiger partial charge on any atom is -0.323 e. The van der Waals surface area contributed by atoms with Crippen LogP contribution in [0.5, 0.6) is 0 Å². The summed E-state index contributed by atoms with van der Waals surface area (Å²) in [6.45, 7) is 3.66. The Bertz CT molecular complexity index is 246. The van der Waals surface area contributed by atoms with Gasteiger partial charge in [-0.15, -0.1) is 6.58 Å². The number of unbranched alkanes of at least 4 members (excludes halogenated alkanes) is 1. The Hall–Kier alpha value is -1.22. The van der Waals surface area contributed by atoms with E-state index in [1.165, 1.54) is 0 Å². The summed E-state index contributed by atoms with van der Waals surface area (Å²) in [5.74, 6) is 0. The van der Waals surface area contributed by atoms with Gasteiger partial charge in [0.1, 0.15) is 0 Å². The summed E-state index contributed by atoms with van der Waals surface area (Å²) in [7, 11) is 0. The molecule has 1 atom stereocenters. The van der Waals surface area contributed by atoms with Gasteiger partial charge in [-0.25, -0.2) is 0 Å². The van der Waals surface area contributed by atoms with Gasteiger partial charge in [0, 0.05) is 24.6 Å². The van der Waals surface area contributed by atoms with E-state index in [2.05, 4.69) is 16.5 Å². The molecule has 70 valence electrons. The molecule has 0 bridgehead atoms. The standard InChI is InChI=1S/C10H15N3/c1-2-3-4-5-9(11)10-8-12-6-7-13-10/h2,6-9H,1,3-5,11H2.